The van der Waals surface area contributed by atoms with Crippen molar-refractivity contribution in [2.24, 2.45) is 0 Å². The fourth-order valence-electron chi connectivity index (χ4n) is 3.60. The van der Waals surface area contributed by atoms with Crippen LogP contribution in [0.15, 0.2) is 48.5 Å². The SMILES string of the molecule is C.O=[N+]([O-])c1ccc(O)cc1.O=[N+]([O-])c1ccc(O[C@@H]2O[C@H](CO)[C@@H](O)[C@H](O)[C@H]2O)cc1.OC[C@H]1O[C@@H](O)[C@H](O)[C@@H](O)[C@@H]1O. The summed E-state index contributed by atoms with van der Waals surface area (Å²) in [5.74, 6) is 0.204. The molecule has 2 fully saturated rings. The number of rotatable bonds is 6. The quantitative estimate of drug-likeness (QED) is 0.116. The third kappa shape index (κ3) is 10.2. The number of hydrogen-bond acceptors (Lipinski definition) is 17. The van der Waals surface area contributed by atoms with E-state index in [2.05, 4.69) is 4.74 Å². The molecule has 4 rings (SSSR count). The predicted molar refractivity (Wildman–Crippen MR) is 145 cm³/mol. The third-order valence-corrected chi connectivity index (χ3v) is 6.08. The van der Waals surface area contributed by atoms with Crippen molar-refractivity contribution in [3.63, 3.8) is 0 Å². The Labute approximate surface area is 249 Å². The maximum atomic E-state index is 10.5. The Kier molecular flexibility index (Phi) is 15.4. The summed E-state index contributed by atoms with van der Waals surface area (Å²) in [5, 5.41) is 112. The van der Waals surface area contributed by atoms with Crippen molar-refractivity contribution in [1.29, 1.82) is 0 Å². The molecule has 10 atom stereocenters. The van der Waals surface area contributed by atoms with Crippen LogP contribution in [-0.2, 0) is 9.47 Å². The van der Waals surface area contributed by atoms with Crippen molar-refractivity contribution in [3.05, 3.63) is 68.8 Å². The minimum atomic E-state index is -1.57. The van der Waals surface area contributed by atoms with Crippen LogP contribution in [0.25, 0.3) is 0 Å². The van der Waals surface area contributed by atoms with E-state index in [-0.39, 0.29) is 30.3 Å². The molecule has 2 aliphatic heterocycles. The van der Waals surface area contributed by atoms with E-state index < -0.39 is 84.5 Å². The molecule has 0 saturated carbocycles. The Morgan fingerprint density at radius 2 is 1.05 bits per heavy atom. The summed E-state index contributed by atoms with van der Waals surface area (Å²) in [4.78, 5) is 19.5. The Bertz CT molecular complexity index is 1150. The lowest BCUT2D eigenvalue weighted by Crippen LogP contribution is -2.60. The number of nitrogens with zero attached hydrogens (tertiary/aromatic N) is 2. The van der Waals surface area contributed by atoms with Crippen LogP contribution >= 0.6 is 0 Å². The number of phenols is 1. The van der Waals surface area contributed by atoms with Gasteiger partial charge in [-0.3, -0.25) is 20.2 Å². The van der Waals surface area contributed by atoms with Gasteiger partial charge in [0, 0.05) is 24.3 Å². The van der Waals surface area contributed by atoms with E-state index >= 15 is 0 Å². The summed E-state index contributed by atoms with van der Waals surface area (Å²) in [5.41, 5.74) is -0.144. The molecule has 2 aliphatic rings. The maximum absolute atomic E-state index is 10.5. The van der Waals surface area contributed by atoms with Crippen LogP contribution in [0.4, 0.5) is 11.4 Å². The van der Waals surface area contributed by atoms with Crippen molar-refractivity contribution >= 4 is 11.4 Å². The van der Waals surface area contributed by atoms with Crippen LogP contribution in [0.3, 0.4) is 0 Å². The molecule has 248 valence electrons. The first-order chi connectivity index (χ1) is 20.2. The number of benzene rings is 2. The van der Waals surface area contributed by atoms with Crippen molar-refractivity contribution in [2.45, 2.75) is 68.8 Å². The van der Waals surface area contributed by atoms with E-state index in [1.165, 1.54) is 48.5 Å². The molecule has 0 radical (unpaired) electrons. The Hall–Kier alpha value is -3.60. The summed E-state index contributed by atoms with van der Waals surface area (Å²) in [6, 6.07) is 10.1. The number of nitro groups is 2. The second kappa shape index (κ2) is 17.6. The molecule has 0 bridgehead atoms. The Morgan fingerprint density at radius 3 is 1.48 bits per heavy atom. The van der Waals surface area contributed by atoms with Gasteiger partial charge in [0.1, 0.15) is 60.3 Å². The summed E-state index contributed by atoms with van der Waals surface area (Å²) in [6.45, 7) is -1.09. The highest BCUT2D eigenvalue weighted by atomic mass is 16.7. The lowest BCUT2D eigenvalue weighted by atomic mass is 9.99. The van der Waals surface area contributed by atoms with Gasteiger partial charge in [0.05, 0.1) is 23.1 Å². The standard InChI is InChI=1S/C12H15NO8.C6H5NO3.C6H12O6.CH4/c14-5-8-9(15)10(16)11(17)12(21-8)20-7-3-1-6(2-4-7)13(18)19;8-6-3-1-5(2-4-6)7(9)10;7-1-2-3(8)4(9)5(10)6(11)12-2;/h1-4,8-12,14-17H,5H2;1-4,8H;2-11H,1H2;1H4/t8-,9-,10+,11-,12-;;2-,3-,4+,5-,6-;/m1.1./s1. The van der Waals surface area contributed by atoms with Gasteiger partial charge in [-0.25, -0.2) is 0 Å². The molecule has 0 unspecified atom stereocenters. The molecule has 2 saturated heterocycles. The predicted octanol–water partition coefficient (Wildman–Crippen LogP) is -2.51. The summed E-state index contributed by atoms with van der Waals surface area (Å²) in [7, 11) is 0. The molecule has 0 amide bonds. The molecular formula is C25H36N2O17. The van der Waals surface area contributed by atoms with Gasteiger partial charge in [-0.05, 0) is 24.3 Å². The van der Waals surface area contributed by atoms with E-state index in [9.17, 15) is 35.5 Å². The van der Waals surface area contributed by atoms with Gasteiger partial charge in [0.2, 0.25) is 6.29 Å². The first-order valence-electron chi connectivity index (χ1n) is 12.3. The van der Waals surface area contributed by atoms with Crippen LogP contribution < -0.4 is 4.74 Å². The second-order valence-corrected chi connectivity index (χ2v) is 9.06. The summed E-state index contributed by atoms with van der Waals surface area (Å²) < 4.78 is 15.0. The number of nitro benzene ring substituents is 2. The van der Waals surface area contributed by atoms with E-state index in [1.807, 2.05) is 0 Å². The highest BCUT2D eigenvalue weighted by molar-refractivity contribution is 5.36. The zero-order valence-electron chi connectivity index (χ0n) is 22.0. The third-order valence-electron chi connectivity index (χ3n) is 6.08. The first-order valence-corrected chi connectivity index (χ1v) is 12.3. The van der Waals surface area contributed by atoms with Gasteiger partial charge in [-0.1, -0.05) is 7.43 Å². The molecule has 19 heteroatoms. The van der Waals surface area contributed by atoms with Crippen molar-refractivity contribution in [2.75, 3.05) is 13.2 Å². The van der Waals surface area contributed by atoms with Gasteiger partial charge in [-0.2, -0.15) is 0 Å². The number of non-ortho nitro benzene ring substituents is 2. The smallest absolute Gasteiger partial charge is 0.269 e. The van der Waals surface area contributed by atoms with Gasteiger partial charge < -0.3 is 65.3 Å². The number of aliphatic hydroxyl groups is 9. The van der Waals surface area contributed by atoms with Crippen molar-refractivity contribution in [3.8, 4) is 11.5 Å². The molecule has 44 heavy (non-hydrogen) atoms. The zero-order valence-corrected chi connectivity index (χ0v) is 22.0. The lowest BCUT2D eigenvalue weighted by Gasteiger charge is -2.39. The van der Waals surface area contributed by atoms with Gasteiger partial charge in [0.15, 0.2) is 6.29 Å². The van der Waals surface area contributed by atoms with E-state index in [0.29, 0.717) is 0 Å². The number of phenolic OH excluding ortho intramolecular Hbond substituents is 1. The molecule has 2 aromatic rings. The van der Waals surface area contributed by atoms with E-state index in [1.54, 1.807) is 0 Å². The molecule has 0 aliphatic carbocycles. The van der Waals surface area contributed by atoms with Gasteiger partial charge in [0.25, 0.3) is 11.4 Å². The highest BCUT2D eigenvalue weighted by Crippen LogP contribution is 2.25. The number of ether oxygens (including phenoxy) is 3. The molecule has 19 nitrogen and oxygen atoms in total. The molecule has 2 aromatic carbocycles. The number of aliphatic hydroxyl groups excluding tert-OH is 9. The maximum Gasteiger partial charge on any atom is 0.269 e. The normalized spacial score (nSPS) is 31.1. The number of aromatic hydroxyl groups is 1. The van der Waals surface area contributed by atoms with E-state index in [4.69, 9.17) is 45.2 Å². The zero-order chi connectivity index (χ0) is 32.4. The number of hydrogen-bond donors (Lipinski definition) is 10. The lowest BCUT2D eigenvalue weighted by molar-refractivity contribution is -0.385. The largest absolute Gasteiger partial charge is 0.508 e. The monoisotopic (exact) mass is 636 g/mol. The first kappa shape index (κ1) is 38.4. The van der Waals surface area contributed by atoms with Crippen LogP contribution in [0.2, 0.25) is 0 Å². The fraction of sp³-hybridized carbons (Fsp3) is 0.520. The van der Waals surface area contributed by atoms with Gasteiger partial charge in [-0.15, -0.1) is 0 Å². The van der Waals surface area contributed by atoms with Crippen LogP contribution in [0.5, 0.6) is 11.5 Å². The topological polar surface area (TPSA) is 316 Å². The molecule has 0 aromatic heterocycles. The highest BCUT2D eigenvalue weighted by Gasteiger charge is 2.45. The van der Waals surface area contributed by atoms with Crippen LogP contribution in [0.1, 0.15) is 7.43 Å². The van der Waals surface area contributed by atoms with Gasteiger partial charge >= 0.3 is 0 Å². The molecule has 10 N–H and O–H groups in total. The fourth-order valence-corrected chi connectivity index (χ4v) is 3.60. The average molecular weight is 637 g/mol. The molecule has 0 spiro atoms. The molecule has 2 heterocycles. The summed E-state index contributed by atoms with van der Waals surface area (Å²) >= 11 is 0. The second-order valence-electron chi connectivity index (χ2n) is 9.06. The molecular weight excluding hydrogens is 600 g/mol. The average Bonchev–Trinajstić information content (AvgIpc) is 2.99. The minimum Gasteiger partial charge on any atom is -0.508 e. The van der Waals surface area contributed by atoms with Crippen molar-refractivity contribution < 1.29 is 75.1 Å². The van der Waals surface area contributed by atoms with Crippen LogP contribution in [-0.4, -0.2) is 136 Å². The summed E-state index contributed by atoms with van der Waals surface area (Å²) in [6.07, 6.45) is -14.0. The van der Waals surface area contributed by atoms with Crippen molar-refractivity contribution in [1.82, 2.24) is 0 Å². The minimum absolute atomic E-state index is 0. The Balaban J connectivity index is 0.000000358. The van der Waals surface area contributed by atoms with E-state index in [0.717, 1.165) is 0 Å². The van der Waals surface area contributed by atoms with Crippen LogP contribution in [0, 0.1) is 20.2 Å². The Morgan fingerprint density at radius 1 is 0.636 bits per heavy atom.